The fraction of sp³-hybridized carbons (Fsp3) is 0.333. The molecule has 2 aromatic rings. The summed E-state index contributed by atoms with van der Waals surface area (Å²) in [5.74, 6) is 0.0800. The second-order valence-corrected chi connectivity index (χ2v) is 5.70. The van der Waals surface area contributed by atoms with Crippen LogP contribution in [-0.4, -0.2) is 10.8 Å². The van der Waals surface area contributed by atoms with Gasteiger partial charge in [-0.1, -0.05) is 26.8 Å². The van der Waals surface area contributed by atoms with Crippen LogP contribution < -0.4 is 0 Å². The van der Waals surface area contributed by atoms with Crippen molar-refractivity contribution in [3.8, 4) is 6.07 Å². The molecule has 0 aliphatic rings. The molecule has 2 rings (SSSR count). The van der Waals surface area contributed by atoms with E-state index in [2.05, 4.69) is 11.1 Å². The Kier molecular flexibility index (Phi) is 2.96. The van der Waals surface area contributed by atoms with Crippen LogP contribution in [0.15, 0.2) is 24.4 Å². The van der Waals surface area contributed by atoms with Gasteiger partial charge in [0.25, 0.3) is 0 Å². The fourth-order valence-electron chi connectivity index (χ4n) is 2.07. The third-order valence-corrected chi connectivity index (χ3v) is 2.82. The van der Waals surface area contributed by atoms with Crippen LogP contribution in [-0.2, 0) is 0 Å². The molecule has 0 saturated carbocycles. The maximum atomic E-state index is 12.3. The number of rotatable bonds is 2. The maximum absolute atomic E-state index is 12.3. The summed E-state index contributed by atoms with van der Waals surface area (Å²) in [7, 11) is 0. The minimum absolute atomic E-state index is 0.0533. The highest BCUT2D eigenvalue weighted by Crippen LogP contribution is 2.27. The van der Waals surface area contributed by atoms with Crippen molar-refractivity contribution >= 4 is 16.7 Å². The average molecular weight is 240 g/mol. The summed E-state index contributed by atoms with van der Waals surface area (Å²) < 4.78 is 0. The summed E-state index contributed by atoms with van der Waals surface area (Å²) in [6.07, 6.45) is 2.18. The number of hydrogen-bond acceptors (Lipinski definition) is 2. The molecule has 0 saturated heterocycles. The molecule has 3 heteroatoms. The van der Waals surface area contributed by atoms with Crippen molar-refractivity contribution in [2.75, 3.05) is 0 Å². The molecule has 3 nitrogen and oxygen atoms in total. The predicted octanol–water partition coefficient (Wildman–Crippen LogP) is 3.66. The van der Waals surface area contributed by atoms with E-state index in [1.165, 1.54) is 0 Å². The second kappa shape index (κ2) is 4.30. The molecule has 0 unspecified atom stereocenters. The van der Waals surface area contributed by atoms with Crippen molar-refractivity contribution in [1.29, 1.82) is 5.26 Å². The first-order valence-corrected chi connectivity index (χ1v) is 5.96. The Morgan fingerprint density at radius 1 is 1.39 bits per heavy atom. The van der Waals surface area contributed by atoms with Crippen molar-refractivity contribution < 1.29 is 4.79 Å². The second-order valence-electron chi connectivity index (χ2n) is 5.70. The van der Waals surface area contributed by atoms with Gasteiger partial charge in [-0.05, 0) is 17.5 Å². The number of benzene rings is 1. The summed E-state index contributed by atoms with van der Waals surface area (Å²) in [6, 6.07) is 7.58. The van der Waals surface area contributed by atoms with Gasteiger partial charge in [0.05, 0.1) is 11.6 Å². The molecule has 0 radical (unpaired) electrons. The number of carbonyl (C=O) groups excluding carboxylic acids is 1. The van der Waals surface area contributed by atoms with Gasteiger partial charge in [0.2, 0.25) is 0 Å². The van der Waals surface area contributed by atoms with Crippen molar-refractivity contribution in [3.63, 3.8) is 0 Å². The van der Waals surface area contributed by atoms with Crippen molar-refractivity contribution in [1.82, 2.24) is 4.98 Å². The molecule has 1 heterocycles. The predicted molar refractivity (Wildman–Crippen MR) is 71.4 cm³/mol. The van der Waals surface area contributed by atoms with E-state index in [4.69, 9.17) is 5.26 Å². The van der Waals surface area contributed by atoms with Gasteiger partial charge in [0.1, 0.15) is 0 Å². The van der Waals surface area contributed by atoms with E-state index in [1.807, 2.05) is 32.9 Å². The number of nitriles is 1. The zero-order chi connectivity index (χ0) is 13.3. The van der Waals surface area contributed by atoms with Crippen molar-refractivity contribution in [2.45, 2.75) is 27.2 Å². The van der Waals surface area contributed by atoms with Gasteiger partial charge in [0, 0.05) is 29.1 Å². The lowest BCUT2D eigenvalue weighted by atomic mass is 9.87. The Bertz CT molecular complexity index is 639. The standard InChI is InChI=1S/C15H16N2O/c1-15(2,3)7-13(18)11-9-17-12-6-4-5-10(8-16)14(11)12/h4-6,9,17H,7H2,1-3H3. The van der Waals surface area contributed by atoms with Gasteiger partial charge in [-0.15, -0.1) is 0 Å². The topological polar surface area (TPSA) is 56.6 Å². The molecule has 18 heavy (non-hydrogen) atoms. The van der Waals surface area contributed by atoms with Crippen molar-refractivity contribution in [3.05, 3.63) is 35.5 Å². The zero-order valence-electron chi connectivity index (χ0n) is 10.9. The highest BCUT2D eigenvalue weighted by atomic mass is 16.1. The first-order valence-electron chi connectivity index (χ1n) is 5.96. The Morgan fingerprint density at radius 2 is 2.11 bits per heavy atom. The van der Waals surface area contributed by atoms with Crippen LogP contribution >= 0.6 is 0 Å². The van der Waals surface area contributed by atoms with Crippen LogP contribution in [0.2, 0.25) is 0 Å². The van der Waals surface area contributed by atoms with Crippen LogP contribution in [0.3, 0.4) is 0 Å². The van der Waals surface area contributed by atoms with E-state index >= 15 is 0 Å². The number of nitrogens with zero attached hydrogens (tertiary/aromatic N) is 1. The quantitative estimate of drug-likeness (QED) is 0.814. The Balaban J connectivity index is 2.53. The number of nitrogens with one attached hydrogen (secondary N) is 1. The Labute approximate surface area is 106 Å². The van der Waals surface area contributed by atoms with Crippen molar-refractivity contribution in [2.24, 2.45) is 5.41 Å². The average Bonchev–Trinajstić information content (AvgIpc) is 2.70. The molecule has 0 amide bonds. The zero-order valence-corrected chi connectivity index (χ0v) is 10.9. The smallest absolute Gasteiger partial charge is 0.165 e. The molecule has 1 N–H and O–H groups in total. The Morgan fingerprint density at radius 3 is 2.72 bits per heavy atom. The molecule has 0 fully saturated rings. The van der Waals surface area contributed by atoms with Gasteiger partial charge in [-0.25, -0.2) is 0 Å². The molecule has 0 atom stereocenters. The van der Waals surface area contributed by atoms with E-state index in [-0.39, 0.29) is 11.2 Å². The summed E-state index contributed by atoms with van der Waals surface area (Å²) in [5, 5.41) is 9.86. The molecule has 0 bridgehead atoms. The normalized spacial score (nSPS) is 11.4. The van der Waals surface area contributed by atoms with Crippen LogP contribution in [0.25, 0.3) is 10.9 Å². The monoisotopic (exact) mass is 240 g/mol. The van der Waals surface area contributed by atoms with Crippen LogP contribution in [0.5, 0.6) is 0 Å². The molecular formula is C15H16N2O. The van der Waals surface area contributed by atoms with Gasteiger partial charge in [-0.3, -0.25) is 4.79 Å². The minimum Gasteiger partial charge on any atom is -0.360 e. The summed E-state index contributed by atoms with van der Waals surface area (Å²) in [4.78, 5) is 15.3. The molecule has 1 aromatic heterocycles. The molecule has 0 spiro atoms. The number of ketones is 1. The summed E-state index contributed by atoms with van der Waals surface area (Å²) >= 11 is 0. The Hall–Kier alpha value is -2.08. The summed E-state index contributed by atoms with van der Waals surface area (Å²) in [5.41, 5.74) is 1.96. The third kappa shape index (κ3) is 2.28. The largest absolute Gasteiger partial charge is 0.360 e. The fourth-order valence-corrected chi connectivity index (χ4v) is 2.07. The van der Waals surface area contributed by atoms with E-state index in [1.54, 1.807) is 12.3 Å². The number of fused-ring (bicyclic) bond motifs is 1. The van der Waals surface area contributed by atoms with E-state index in [0.29, 0.717) is 17.5 Å². The lowest BCUT2D eigenvalue weighted by Gasteiger charge is -2.16. The molecule has 0 aliphatic heterocycles. The molecule has 0 aliphatic carbocycles. The first kappa shape index (κ1) is 12.4. The number of Topliss-reactive ketones (excluding diaryl/α,β-unsaturated/α-hetero) is 1. The van der Waals surface area contributed by atoms with Gasteiger partial charge >= 0.3 is 0 Å². The molecular weight excluding hydrogens is 224 g/mol. The third-order valence-electron chi connectivity index (χ3n) is 2.82. The van der Waals surface area contributed by atoms with Crippen LogP contribution in [0, 0.1) is 16.7 Å². The lowest BCUT2D eigenvalue weighted by molar-refractivity contribution is 0.0941. The van der Waals surface area contributed by atoms with E-state index < -0.39 is 0 Å². The van der Waals surface area contributed by atoms with Gasteiger partial charge in [-0.2, -0.15) is 5.26 Å². The van der Waals surface area contributed by atoms with Gasteiger partial charge in [0.15, 0.2) is 5.78 Å². The van der Waals surface area contributed by atoms with E-state index in [0.717, 1.165) is 10.9 Å². The highest BCUT2D eigenvalue weighted by Gasteiger charge is 2.20. The van der Waals surface area contributed by atoms with Crippen LogP contribution in [0.1, 0.15) is 43.1 Å². The maximum Gasteiger partial charge on any atom is 0.165 e. The number of carbonyl (C=O) groups is 1. The number of hydrogen-bond donors (Lipinski definition) is 1. The number of H-pyrrole nitrogens is 1. The van der Waals surface area contributed by atoms with Gasteiger partial charge < -0.3 is 4.98 Å². The molecule has 1 aromatic carbocycles. The molecule has 92 valence electrons. The van der Waals surface area contributed by atoms with E-state index in [9.17, 15) is 4.79 Å². The highest BCUT2D eigenvalue weighted by molar-refractivity contribution is 6.09. The number of aromatic amines is 1. The minimum atomic E-state index is -0.0533. The number of aromatic nitrogens is 1. The lowest BCUT2D eigenvalue weighted by Crippen LogP contribution is -2.12. The SMILES string of the molecule is CC(C)(C)CC(=O)c1c[nH]c2cccc(C#N)c12. The first-order chi connectivity index (χ1) is 8.42. The summed E-state index contributed by atoms with van der Waals surface area (Å²) in [6.45, 7) is 6.10. The van der Waals surface area contributed by atoms with Crippen LogP contribution in [0.4, 0.5) is 0 Å².